The van der Waals surface area contributed by atoms with Crippen molar-refractivity contribution < 1.29 is 18.8 Å². The van der Waals surface area contributed by atoms with Gasteiger partial charge in [0.05, 0.1) is 17.9 Å². The molecule has 0 aromatic carbocycles. The Balaban J connectivity index is 1.99. The number of ether oxygens (including phenoxy) is 2. The van der Waals surface area contributed by atoms with Crippen LogP contribution in [0, 0.1) is 0 Å². The molecule has 0 saturated carbocycles. The van der Waals surface area contributed by atoms with Gasteiger partial charge in [0.2, 0.25) is 5.69 Å². The lowest BCUT2D eigenvalue weighted by Gasteiger charge is -2.38. The van der Waals surface area contributed by atoms with Gasteiger partial charge in [0, 0.05) is 25.3 Å². The summed E-state index contributed by atoms with van der Waals surface area (Å²) in [6.45, 7) is 9.62. The van der Waals surface area contributed by atoms with E-state index < -0.39 is 12.8 Å². The van der Waals surface area contributed by atoms with Crippen molar-refractivity contribution in [1.29, 1.82) is 0 Å². The Bertz CT molecular complexity index is 500. The van der Waals surface area contributed by atoms with Crippen LogP contribution in [0.4, 0.5) is 0 Å². The second-order valence-electron chi connectivity index (χ2n) is 6.35. The van der Waals surface area contributed by atoms with E-state index in [0.29, 0.717) is 19.6 Å². The highest BCUT2D eigenvalue weighted by Gasteiger charge is 2.59. The van der Waals surface area contributed by atoms with Crippen LogP contribution in [-0.2, 0) is 24.5 Å². The first kappa shape index (κ1) is 15.1. The average molecular weight is 291 g/mol. The Morgan fingerprint density at radius 2 is 2.05 bits per heavy atom. The quantitative estimate of drug-likeness (QED) is 0.782. The van der Waals surface area contributed by atoms with Gasteiger partial charge in [0.25, 0.3) is 0 Å². The molecular weight excluding hydrogens is 270 g/mol. The summed E-state index contributed by atoms with van der Waals surface area (Å²) in [5, 5.41) is 4.38. The lowest BCUT2D eigenvalue weighted by Crippen LogP contribution is -2.55. The summed E-state index contributed by atoms with van der Waals surface area (Å²) >= 11 is 0. The molecule has 0 spiro atoms. The first-order chi connectivity index (χ1) is 9.95. The summed E-state index contributed by atoms with van der Waals surface area (Å²) in [6.07, 6.45) is 1.75. The van der Waals surface area contributed by atoms with Crippen molar-refractivity contribution in [2.75, 3.05) is 19.6 Å². The zero-order valence-corrected chi connectivity index (χ0v) is 13.0. The van der Waals surface area contributed by atoms with Gasteiger partial charge >= 0.3 is 7.12 Å². The Morgan fingerprint density at radius 3 is 2.62 bits per heavy atom. The highest BCUT2D eigenvalue weighted by Crippen LogP contribution is 2.38. The molecule has 0 unspecified atom stereocenters. The van der Waals surface area contributed by atoms with E-state index in [1.54, 1.807) is 6.20 Å². The van der Waals surface area contributed by atoms with Crippen molar-refractivity contribution in [1.82, 2.24) is 9.78 Å². The normalized spacial score (nSPS) is 24.3. The SMILES string of the molecule is CC(C)n1nccc1C1(B2OCC(C)(C)O2)OC[B]CO1. The van der Waals surface area contributed by atoms with Crippen molar-refractivity contribution in [2.24, 2.45) is 0 Å². The third-order valence-electron chi connectivity index (χ3n) is 3.67. The Kier molecular flexibility index (Phi) is 3.90. The monoisotopic (exact) mass is 291 g/mol. The van der Waals surface area contributed by atoms with Crippen molar-refractivity contribution >= 4 is 14.4 Å². The molecule has 21 heavy (non-hydrogen) atoms. The highest BCUT2D eigenvalue weighted by atomic mass is 16.7. The minimum atomic E-state index is -1.07. The fraction of sp³-hybridized carbons (Fsp3) is 0.769. The maximum atomic E-state index is 6.02. The number of aromatic nitrogens is 2. The number of nitrogens with zero attached hydrogens (tertiary/aromatic N) is 2. The van der Waals surface area contributed by atoms with E-state index in [1.165, 1.54) is 0 Å². The highest BCUT2D eigenvalue weighted by molar-refractivity contribution is 6.48. The zero-order chi connectivity index (χ0) is 15.1. The topological polar surface area (TPSA) is 54.7 Å². The van der Waals surface area contributed by atoms with Gasteiger partial charge in [-0.25, -0.2) is 0 Å². The largest absolute Gasteiger partial charge is 0.528 e. The predicted octanol–water partition coefficient (Wildman–Crippen LogP) is 1.14. The second kappa shape index (κ2) is 5.43. The molecule has 0 atom stereocenters. The van der Waals surface area contributed by atoms with Crippen LogP contribution in [0.1, 0.15) is 39.4 Å². The smallest absolute Gasteiger partial charge is 0.404 e. The molecule has 3 rings (SSSR count). The van der Waals surface area contributed by atoms with Gasteiger partial charge in [0.1, 0.15) is 0 Å². The van der Waals surface area contributed by atoms with E-state index in [2.05, 4.69) is 18.9 Å². The zero-order valence-electron chi connectivity index (χ0n) is 13.0. The van der Waals surface area contributed by atoms with Crippen LogP contribution in [0.25, 0.3) is 0 Å². The summed E-state index contributed by atoms with van der Waals surface area (Å²) in [6, 6.07) is 2.10. The van der Waals surface area contributed by atoms with E-state index in [9.17, 15) is 0 Å². The number of rotatable bonds is 3. The van der Waals surface area contributed by atoms with Crippen molar-refractivity contribution in [3.05, 3.63) is 18.0 Å². The van der Waals surface area contributed by atoms with E-state index in [-0.39, 0.29) is 11.6 Å². The van der Waals surface area contributed by atoms with Gasteiger partial charge in [0.15, 0.2) is 7.28 Å². The van der Waals surface area contributed by atoms with E-state index in [1.807, 2.05) is 31.9 Å². The van der Waals surface area contributed by atoms with E-state index >= 15 is 0 Å². The molecule has 1 radical (unpaired) electrons. The lowest BCUT2D eigenvalue weighted by atomic mass is 9.70. The van der Waals surface area contributed by atoms with Gasteiger partial charge in [-0.1, -0.05) is 0 Å². The van der Waals surface area contributed by atoms with Gasteiger partial charge in [-0.05, 0) is 33.8 Å². The summed E-state index contributed by atoms with van der Waals surface area (Å²) < 4.78 is 25.7. The maximum Gasteiger partial charge on any atom is 0.528 e. The fourth-order valence-corrected chi connectivity index (χ4v) is 2.68. The molecule has 1 aromatic heterocycles. The Hall–Kier alpha value is -0.820. The Morgan fingerprint density at radius 1 is 1.33 bits per heavy atom. The third-order valence-corrected chi connectivity index (χ3v) is 3.67. The molecule has 0 aliphatic carbocycles. The molecule has 0 N–H and O–H groups in total. The minimum Gasteiger partial charge on any atom is -0.404 e. The molecule has 113 valence electrons. The van der Waals surface area contributed by atoms with Crippen molar-refractivity contribution in [2.45, 2.75) is 45.0 Å². The van der Waals surface area contributed by atoms with Gasteiger partial charge < -0.3 is 18.8 Å². The van der Waals surface area contributed by atoms with Crippen LogP contribution in [0.5, 0.6) is 0 Å². The predicted molar refractivity (Wildman–Crippen MR) is 78.8 cm³/mol. The minimum absolute atomic E-state index is 0.194. The molecule has 2 saturated heterocycles. The molecule has 1 aromatic rings. The van der Waals surface area contributed by atoms with Crippen LogP contribution in [0.2, 0.25) is 0 Å². The van der Waals surface area contributed by atoms with E-state index in [0.717, 1.165) is 5.69 Å². The molecule has 0 amide bonds. The summed E-state index contributed by atoms with van der Waals surface area (Å²) in [5.41, 5.74) is -0.592. The maximum absolute atomic E-state index is 6.02. The Labute approximate surface area is 126 Å². The summed E-state index contributed by atoms with van der Waals surface area (Å²) in [4.78, 5) is 0. The standard InChI is InChI=1S/C13H21B2N2O4/c1-10(2)17-11(5-6-16-17)13(18-8-14-9-19-13)15-20-7-12(3,4)21-15/h5-6,10H,7-9H2,1-4H3. The first-order valence-corrected chi connectivity index (χ1v) is 7.38. The fourth-order valence-electron chi connectivity index (χ4n) is 2.68. The van der Waals surface area contributed by atoms with E-state index in [4.69, 9.17) is 18.8 Å². The average Bonchev–Trinajstić information content (AvgIpc) is 3.06. The van der Waals surface area contributed by atoms with Crippen LogP contribution in [0.3, 0.4) is 0 Å². The van der Waals surface area contributed by atoms with Crippen LogP contribution >= 0.6 is 0 Å². The number of hydrogen-bond acceptors (Lipinski definition) is 5. The molecule has 0 bridgehead atoms. The van der Waals surface area contributed by atoms with Crippen LogP contribution < -0.4 is 0 Å². The van der Waals surface area contributed by atoms with Gasteiger partial charge in [-0.15, -0.1) is 0 Å². The van der Waals surface area contributed by atoms with Crippen LogP contribution in [-0.4, -0.2) is 49.4 Å². The molecular formula is C13H21B2N2O4. The van der Waals surface area contributed by atoms with Crippen molar-refractivity contribution in [3.8, 4) is 0 Å². The first-order valence-electron chi connectivity index (χ1n) is 7.38. The molecule has 8 heteroatoms. The molecule has 6 nitrogen and oxygen atoms in total. The van der Waals surface area contributed by atoms with Crippen molar-refractivity contribution in [3.63, 3.8) is 0 Å². The molecule has 2 fully saturated rings. The number of hydrogen-bond donors (Lipinski definition) is 0. The molecule has 2 aliphatic rings. The lowest BCUT2D eigenvalue weighted by molar-refractivity contribution is -0.202. The summed E-state index contributed by atoms with van der Waals surface area (Å²) in [7, 11) is 1.34. The van der Waals surface area contributed by atoms with Gasteiger partial charge in [-0.2, -0.15) is 5.10 Å². The molecule has 2 aliphatic heterocycles. The second-order valence-corrected chi connectivity index (χ2v) is 6.35. The third kappa shape index (κ3) is 2.65. The van der Waals surface area contributed by atoms with Gasteiger partial charge in [-0.3, -0.25) is 4.68 Å². The summed E-state index contributed by atoms with van der Waals surface area (Å²) in [5.74, 6) is 0. The molecule has 3 heterocycles. The van der Waals surface area contributed by atoms with Crippen LogP contribution in [0.15, 0.2) is 12.3 Å².